The average Bonchev–Trinajstić information content (AvgIpc) is 2.47. The molecule has 1 heteroatoms. The molecule has 0 spiro atoms. The van der Waals surface area contributed by atoms with Crippen LogP contribution >= 0.6 is 0 Å². The van der Waals surface area contributed by atoms with E-state index in [9.17, 15) is 0 Å². The van der Waals surface area contributed by atoms with Crippen molar-refractivity contribution >= 4 is 0 Å². The first-order valence-electron chi connectivity index (χ1n) is 8.45. The summed E-state index contributed by atoms with van der Waals surface area (Å²) in [5.74, 6) is 3.86. The highest BCUT2D eigenvalue weighted by molar-refractivity contribution is 5.29. The number of nitrogens with one attached hydrogen (secondary N) is 1. The van der Waals surface area contributed by atoms with Crippen molar-refractivity contribution in [1.82, 2.24) is 5.32 Å². The van der Waals surface area contributed by atoms with E-state index in [1.807, 2.05) is 0 Å². The highest BCUT2D eigenvalue weighted by Crippen LogP contribution is 2.63. The Morgan fingerprint density at radius 2 is 1.70 bits per heavy atom. The minimum Gasteiger partial charge on any atom is -0.317 e. The first-order valence-corrected chi connectivity index (χ1v) is 8.45. The lowest BCUT2D eigenvalue weighted by atomic mass is 9.44. The number of benzene rings is 1. The van der Waals surface area contributed by atoms with E-state index >= 15 is 0 Å². The maximum Gasteiger partial charge on any atom is 0.00693 e. The largest absolute Gasteiger partial charge is 0.317 e. The van der Waals surface area contributed by atoms with Crippen molar-refractivity contribution in [3.8, 4) is 0 Å². The van der Waals surface area contributed by atoms with Gasteiger partial charge in [-0.25, -0.2) is 0 Å². The molecular weight excluding hydrogens is 242 g/mol. The summed E-state index contributed by atoms with van der Waals surface area (Å²) in [5, 5.41) is 3.55. The quantitative estimate of drug-likeness (QED) is 0.875. The van der Waals surface area contributed by atoms with E-state index < -0.39 is 0 Å². The molecular formula is C19H27N. The van der Waals surface area contributed by atoms with E-state index in [2.05, 4.69) is 49.6 Å². The van der Waals surface area contributed by atoms with E-state index in [-0.39, 0.29) is 0 Å². The first kappa shape index (κ1) is 12.9. The van der Waals surface area contributed by atoms with Gasteiger partial charge in [-0.3, -0.25) is 0 Å². The van der Waals surface area contributed by atoms with Crippen LogP contribution in [0.4, 0.5) is 0 Å². The summed E-state index contributed by atoms with van der Waals surface area (Å²) in [6, 6.07) is 12.1. The van der Waals surface area contributed by atoms with Crippen LogP contribution in [0.3, 0.4) is 0 Å². The third-order valence-corrected chi connectivity index (χ3v) is 6.76. The van der Waals surface area contributed by atoms with E-state index in [4.69, 9.17) is 0 Å². The van der Waals surface area contributed by atoms with Crippen LogP contribution in [0.25, 0.3) is 0 Å². The van der Waals surface area contributed by atoms with Crippen molar-refractivity contribution in [2.75, 3.05) is 7.05 Å². The number of rotatable bonds is 3. The molecule has 108 valence electrons. The molecule has 4 aliphatic carbocycles. The summed E-state index contributed by atoms with van der Waals surface area (Å²) in [4.78, 5) is 0. The molecule has 0 radical (unpaired) electrons. The maximum absolute atomic E-state index is 3.55. The van der Waals surface area contributed by atoms with Gasteiger partial charge in [0, 0.05) is 6.04 Å². The molecule has 5 rings (SSSR count). The minimum absolute atomic E-state index is 0.529. The molecule has 4 saturated carbocycles. The van der Waals surface area contributed by atoms with E-state index in [1.165, 1.54) is 32.1 Å². The highest BCUT2D eigenvalue weighted by Gasteiger charge is 2.56. The van der Waals surface area contributed by atoms with Crippen molar-refractivity contribution in [3.63, 3.8) is 0 Å². The fourth-order valence-electron chi connectivity index (χ4n) is 6.22. The Morgan fingerprint density at radius 1 is 1.05 bits per heavy atom. The molecule has 1 nitrogen and oxygen atoms in total. The lowest BCUT2D eigenvalue weighted by molar-refractivity contribution is -0.0667. The van der Waals surface area contributed by atoms with Gasteiger partial charge in [0.2, 0.25) is 0 Å². The molecule has 4 bridgehead atoms. The average molecular weight is 269 g/mol. The summed E-state index contributed by atoms with van der Waals surface area (Å²) < 4.78 is 0. The van der Waals surface area contributed by atoms with Crippen LogP contribution in [0, 0.1) is 23.7 Å². The van der Waals surface area contributed by atoms with Gasteiger partial charge in [-0.15, -0.1) is 0 Å². The molecule has 0 saturated heterocycles. The fraction of sp³-hybridized carbons (Fsp3) is 0.684. The van der Waals surface area contributed by atoms with Gasteiger partial charge in [-0.2, -0.15) is 0 Å². The lowest BCUT2D eigenvalue weighted by Gasteiger charge is -2.61. The smallest absolute Gasteiger partial charge is 0.00693 e. The third-order valence-electron chi connectivity index (χ3n) is 6.76. The first-order chi connectivity index (χ1) is 9.72. The Kier molecular flexibility index (Phi) is 2.96. The standard InChI is InChI=1S/C19H27N/c1-13(20-2)18-15-8-14-9-16(18)12-19(10-14,11-15)17-6-4-3-5-7-17/h3-7,13-16,18,20H,8-12H2,1-2H3. The second-order valence-electron chi connectivity index (χ2n) is 7.77. The van der Waals surface area contributed by atoms with Crippen molar-refractivity contribution < 1.29 is 0 Å². The number of hydrogen-bond donors (Lipinski definition) is 1. The van der Waals surface area contributed by atoms with Crippen molar-refractivity contribution in [3.05, 3.63) is 35.9 Å². The van der Waals surface area contributed by atoms with Crippen LogP contribution in [-0.2, 0) is 5.41 Å². The summed E-state index contributed by atoms with van der Waals surface area (Å²) in [7, 11) is 2.14. The van der Waals surface area contributed by atoms with Crippen molar-refractivity contribution in [2.24, 2.45) is 23.7 Å². The molecule has 4 aliphatic rings. The van der Waals surface area contributed by atoms with Crippen LogP contribution in [-0.4, -0.2) is 13.1 Å². The van der Waals surface area contributed by atoms with Gasteiger partial charge in [0.15, 0.2) is 0 Å². The normalized spacial score (nSPS) is 43.7. The second-order valence-corrected chi connectivity index (χ2v) is 7.77. The zero-order valence-electron chi connectivity index (χ0n) is 12.8. The lowest BCUT2D eigenvalue weighted by Crippen LogP contribution is -2.57. The van der Waals surface area contributed by atoms with Crippen LogP contribution in [0.15, 0.2) is 30.3 Å². The Hall–Kier alpha value is -0.820. The van der Waals surface area contributed by atoms with E-state index in [1.54, 1.807) is 5.56 Å². The van der Waals surface area contributed by atoms with E-state index in [0.717, 1.165) is 23.7 Å². The predicted octanol–water partition coefficient (Wildman–Crippen LogP) is 3.99. The number of hydrogen-bond acceptors (Lipinski definition) is 1. The Morgan fingerprint density at radius 3 is 2.30 bits per heavy atom. The van der Waals surface area contributed by atoms with Gasteiger partial charge >= 0.3 is 0 Å². The molecule has 1 N–H and O–H groups in total. The molecule has 20 heavy (non-hydrogen) atoms. The van der Waals surface area contributed by atoms with Crippen LogP contribution in [0.2, 0.25) is 0 Å². The molecule has 4 fully saturated rings. The predicted molar refractivity (Wildman–Crippen MR) is 83.7 cm³/mol. The molecule has 0 amide bonds. The monoisotopic (exact) mass is 269 g/mol. The molecule has 1 aromatic carbocycles. The van der Waals surface area contributed by atoms with Crippen molar-refractivity contribution in [1.29, 1.82) is 0 Å². The van der Waals surface area contributed by atoms with Gasteiger partial charge in [0.25, 0.3) is 0 Å². The molecule has 0 aliphatic heterocycles. The van der Waals surface area contributed by atoms with Crippen LogP contribution in [0.1, 0.15) is 44.6 Å². The maximum atomic E-state index is 3.55. The zero-order valence-corrected chi connectivity index (χ0v) is 12.8. The molecule has 3 unspecified atom stereocenters. The van der Waals surface area contributed by atoms with E-state index in [0.29, 0.717) is 11.5 Å². The Labute approximate surface area is 123 Å². The van der Waals surface area contributed by atoms with Crippen LogP contribution in [0.5, 0.6) is 0 Å². The van der Waals surface area contributed by atoms with Gasteiger partial charge < -0.3 is 5.32 Å². The molecule has 1 aromatic rings. The van der Waals surface area contributed by atoms with Gasteiger partial charge in [-0.05, 0) is 80.7 Å². The summed E-state index contributed by atoms with van der Waals surface area (Å²) in [5.41, 5.74) is 2.16. The topological polar surface area (TPSA) is 12.0 Å². The molecule has 3 atom stereocenters. The van der Waals surface area contributed by atoms with Gasteiger partial charge in [0.05, 0.1) is 0 Å². The highest BCUT2D eigenvalue weighted by atomic mass is 14.9. The SMILES string of the molecule is CNC(C)C1C2CC3CC1CC(c1ccccc1)(C3)C2. The Bertz CT molecular complexity index is 464. The summed E-state index contributed by atoms with van der Waals surface area (Å²) >= 11 is 0. The molecule has 0 heterocycles. The second kappa shape index (κ2) is 4.59. The summed E-state index contributed by atoms with van der Waals surface area (Å²) in [6.07, 6.45) is 7.36. The summed E-state index contributed by atoms with van der Waals surface area (Å²) in [6.45, 7) is 2.40. The zero-order chi connectivity index (χ0) is 13.7. The fourth-order valence-corrected chi connectivity index (χ4v) is 6.22. The van der Waals surface area contributed by atoms with Crippen molar-refractivity contribution in [2.45, 2.75) is 50.5 Å². The molecule has 0 aromatic heterocycles. The third kappa shape index (κ3) is 1.79. The van der Waals surface area contributed by atoms with Crippen LogP contribution < -0.4 is 5.32 Å². The minimum atomic E-state index is 0.529. The van der Waals surface area contributed by atoms with Gasteiger partial charge in [0.1, 0.15) is 0 Å². The van der Waals surface area contributed by atoms with Gasteiger partial charge in [-0.1, -0.05) is 30.3 Å². The Balaban J connectivity index is 1.68.